The summed E-state index contributed by atoms with van der Waals surface area (Å²) >= 11 is 3.65. The number of fused-ring (bicyclic) bond motifs is 2. The molecule has 0 aromatic rings. The van der Waals surface area contributed by atoms with E-state index in [1.54, 1.807) is 11.8 Å². The topological polar surface area (TPSA) is 142 Å². The Balaban J connectivity index is 0.985. The van der Waals surface area contributed by atoms with Crippen molar-refractivity contribution in [3.8, 4) is 0 Å². The summed E-state index contributed by atoms with van der Waals surface area (Å²) in [4.78, 5) is 34.3. The minimum Gasteiger partial charge on any atom is -0.378 e. The molecule has 0 spiro atoms. The summed E-state index contributed by atoms with van der Waals surface area (Å²) < 4.78 is 5.52. The van der Waals surface area contributed by atoms with Crippen LogP contribution >= 0.6 is 23.5 Å². The van der Waals surface area contributed by atoms with Crippen LogP contribution in [0.5, 0.6) is 0 Å². The van der Waals surface area contributed by atoms with Crippen molar-refractivity contribution < 1.29 is 19.2 Å². The van der Waals surface area contributed by atoms with Crippen molar-refractivity contribution in [1.29, 1.82) is 0 Å². The van der Waals surface area contributed by atoms with Gasteiger partial charge in [-0.2, -0.15) is 5.48 Å². The lowest BCUT2D eigenvalue weighted by Crippen LogP contribution is -2.66. The van der Waals surface area contributed by atoms with E-state index in [0.29, 0.717) is 25.2 Å². The van der Waals surface area contributed by atoms with Crippen LogP contribution in [0.1, 0.15) is 38.5 Å². The molecule has 11 atom stereocenters. The number of nitrogens with zero attached hydrogens (tertiary/aromatic N) is 1. The highest BCUT2D eigenvalue weighted by molar-refractivity contribution is 8.07. The van der Waals surface area contributed by atoms with E-state index in [-0.39, 0.29) is 64.7 Å². The summed E-state index contributed by atoms with van der Waals surface area (Å²) in [6, 6.07) is 0.639. The molecule has 5 saturated heterocycles. The molecule has 9 unspecified atom stereocenters. The zero-order valence-electron chi connectivity index (χ0n) is 22.9. The van der Waals surface area contributed by atoms with E-state index < -0.39 is 0 Å². The molecule has 1 aliphatic carbocycles. The molecule has 6 fully saturated rings. The van der Waals surface area contributed by atoms with Gasteiger partial charge in [0, 0.05) is 55.5 Å². The maximum Gasteiger partial charge on any atom is 0.226 e. The molecule has 0 aromatic carbocycles. The fraction of sp³-hybridized carbons (Fsp3) is 0.852. The maximum atomic E-state index is 13.1. The van der Waals surface area contributed by atoms with Gasteiger partial charge in [-0.3, -0.25) is 30.4 Å². The second-order valence-electron chi connectivity index (χ2n) is 12.4. The van der Waals surface area contributed by atoms with Gasteiger partial charge < -0.3 is 20.7 Å². The Hall–Kier alpha value is -0.900. The molecule has 1 saturated carbocycles. The van der Waals surface area contributed by atoms with Crippen LogP contribution in [-0.2, 0) is 19.2 Å². The number of nitrogens with two attached hydrogens (primary N) is 1. The van der Waals surface area contributed by atoms with Gasteiger partial charge in [0.15, 0.2) is 5.78 Å². The third-order valence-corrected chi connectivity index (χ3v) is 13.0. The lowest BCUT2D eigenvalue weighted by molar-refractivity contribution is -0.126. The number of allylic oxidation sites excluding steroid dienone is 1. The van der Waals surface area contributed by atoms with Crippen LogP contribution in [0.2, 0.25) is 0 Å². The molecule has 1 amide bonds. The SMILES string of the molecule is N[C@@H]1CCCC[C@@H]1NC1CC2CNC(=O)C2C(NC2CC(C3CSC4C(=O)C=C(N5CCOCC5)SC43)NO2)N1. The van der Waals surface area contributed by atoms with Crippen molar-refractivity contribution in [2.75, 3.05) is 38.6 Å². The molecule has 13 heteroatoms. The van der Waals surface area contributed by atoms with E-state index in [1.807, 2.05) is 17.8 Å². The summed E-state index contributed by atoms with van der Waals surface area (Å²) in [6.45, 7) is 3.82. The number of carbonyl (C=O) groups excluding carboxylic acids is 2. The lowest BCUT2D eigenvalue weighted by atomic mass is 9.83. The highest BCUT2D eigenvalue weighted by atomic mass is 32.2. The number of amides is 1. The van der Waals surface area contributed by atoms with Gasteiger partial charge in [0.25, 0.3) is 0 Å². The van der Waals surface area contributed by atoms with Gasteiger partial charge in [0.05, 0.1) is 41.7 Å². The van der Waals surface area contributed by atoms with Crippen molar-refractivity contribution in [2.45, 2.75) is 85.7 Å². The molecule has 7 aliphatic rings. The Morgan fingerprint density at radius 3 is 2.80 bits per heavy atom. The van der Waals surface area contributed by atoms with Crippen molar-refractivity contribution in [3.05, 3.63) is 11.1 Å². The van der Waals surface area contributed by atoms with Crippen molar-refractivity contribution in [2.24, 2.45) is 23.5 Å². The van der Waals surface area contributed by atoms with Crippen LogP contribution in [-0.4, -0.2) is 102 Å². The fourth-order valence-electron chi connectivity index (χ4n) is 7.68. The van der Waals surface area contributed by atoms with Gasteiger partial charge in [0.1, 0.15) is 6.23 Å². The van der Waals surface area contributed by atoms with Crippen LogP contribution in [0.3, 0.4) is 0 Å². The van der Waals surface area contributed by atoms with E-state index >= 15 is 0 Å². The van der Waals surface area contributed by atoms with Crippen LogP contribution < -0.4 is 32.5 Å². The number of hydrogen-bond acceptors (Lipinski definition) is 12. The highest BCUT2D eigenvalue weighted by Crippen LogP contribution is 2.49. The number of rotatable bonds is 6. The van der Waals surface area contributed by atoms with E-state index in [1.165, 1.54) is 12.8 Å². The van der Waals surface area contributed by atoms with Crippen LogP contribution in [0, 0.1) is 17.8 Å². The average Bonchev–Trinajstić information content (AvgIpc) is 3.69. The summed E-state index contributed by atoms with van der Waals surface area (Å²) in [6.07, 6.45) is 7.85. The Labute approximate surface area is 244 Å². The zero-order valence-corrected chi connectivity index (χ0v) is 24.5. The Kier molecular flexibility index (Phi) is 8.37. The minimum absolute atomic E-state index is 0.00884. The average molecular weight is 594 g/mol. The molecule has 0 aromatic heterocycles. The predicted molar refractivity (Wildman–Crippen MR) is 155 cm³/mol. The molecule has 11 nitrogen and oxygen atoms in total. The fourth-order valence-corrected chi connectivity index (χ4v) is 11.2. The largest absolute Gasteiger partial charge is 0.378 e. The maximum absolute atomic E-state index is 13.1. The molecule has 0 bridgehead atoms. The third-order valence-electron chi connectivity index (χ3n) is 9.89. The molecule has 0 radical (unpaired) electrons. The Bertz CT molecular complexity index is 1000. The Morgan fingerprint density at radius 2 is 1.95 bits per heavy atom. The highest BCUT2D eigenvalue weighted by Gasteiger charge is 2.51. The Morgan fingerprint density at radius 1 is 1.10 bits per heavy atom. The molecule has 7 rings (SSSR count). The first-order valence-electron chi connectivity index (χ1n) is 15.1. The molecule has 222 valence electrons. The van der Waals surface area contributed by atoms with Crippen LogP contribution in [0.25, 0.3) is 0 Å². The molecule has 6 aliphatic heterocycles. The number of morpholine rings is 1. The number of carbonyl (C=O) groups is 2. The molecule has 6 heterocycles. The lowest BCUT2D eigenvalue weighted by Gasteiger charge is -2.42. The van der Waals surface area contributed by atoms with Gasteiger partial charge >= 0.3 is 0 Å². The summed E-state index contributed by atoms with van der Waals surface area (Å²) in [5, 5.41) is 15.6. The van der Waals surface area contributed by atoms with Gasteiger partial charge in [-0.15, -0.1) is 23.5 Å². The van der Waals surface area contributed by atoms with E-state index in [0.717, 1.165) is 56.1 Å². The zero-order chi connectivity index (χ0) is 27.2. The van der Waals surface area contributed by atoms with E-state index in [4.69, 9.17) is 15.3 Å². The number of ether oxygens (including phenoxy) is 1. The standard InChI is InChI=1S/C27H43N7O4S2/c28-16-3-1-2-4-17(16)30-20-9-14-12-29-27(36)23(14)26(31-20)32-21-10-18(33-38-21)15-13-39-25-19(35)11-22(40-24(15)25)34-5-7-37-8-6-34/h11,14-18,20-21,23-26,30-33H,1-10,12-13,28H2,(H,29,36)/t14?,15?,16-,17+,18?,20?,21?,23?,24?,25?,26?/m1/s1. The number of piperidine rings is 1. The number of nitrogens with one attached hydrogen (secondary N) is 5. The van der Waals surface area contributed by atoms with Gasteiger partial charge in [0.2, 0.25) is 5.91 Å². The molecular formula is C27H43N7O4S2. The van der Waals surface area contributed by atoms with Crippen molar-refractivity contribution in [3.63, 3.8) is 0 Å². The quantitative estimate of drug-likeness (QED) is 0.240. The summed E-state index contributed by atoms with van der Waals surface area (Å²) in [5.41, 5.74) is 9.76. The number of ketones is 1. The van der Waals surface area contributed by atoms with E-state index in [2.05, 4.69) is 31.6 Å². The van der Waals surface area contributed by atoms with Crippen molar-refractivity contribution >= 4 is 35.2 Å². The first kappa shape index (κ1) is 27.9. The van der Waals surface area contributed by atoms with E-state index in [9.17, 15) is 9.59 Å². The van der Waals surface area contributed by atoms with Gasteiger partial charge in [-0.25, -0.2) is 0 Å². The van der Waals surface area contributed by atoms with Crippen LogP contribution in [0.4, 0.5) is 0 Å². The van der Waals surface area contributed by atoms with Gasteiger partial charge in [-0.1, -0.05) is 12.8 Å². The number of hydrogen-bond donors (Lipinski definition) is 6. The molecule has 40 heavy (non-hydrogen) atoms. The summed E-state index contributed by atoms with van der Waals surface area (Å²) in [5.74, 6) is 1.77. The first-order valence-corrected chi connectivity index (χ1v) is 17.1. The second-order valence-corrected chi connectivity index (χ2v) is 14.8. The van der Waals surface area contributed by atoms with Crippen LogP contribution in [0.15, 0.2) is 11.1 Å². The number of thioether (sulfide) groups is 2. The van der Waals surface area contributed by atoms with Gasteiger partial charge in [-0.05, 0) is 36.9 Å². The molecular weight excluding hydrogens is 550 g/mol. The third kappa shape index (κ3) is 5.58. The monoisotopic (exact) mass is 593 g/mol. The summed E-state index contributed by atoms with van der Waals surface area (Å²) in [7, 11) is 0. The second kappa shape index (κ2) is 12.0. The predicted octanol–water partition coefficient (Wildman–Crippen LogP) is -0.347. The smallest absolute Gasteiger partial charge is 0.226 e. The number of hydroxylamine groups is 1. The first-order chi connectivity index (χ1) is 19.5. The normalized spacial score (nSPS) is 45.7. The molecule has 7 N–H and O–H groups in total. The minimum atomic E-state index is -0.213. The van der Waals surface area contributed by atoms with Crippen molar-refractivity contribution in [1.82, 2.24) is 31.6 Å².